The summed E-state index contributed by atoms with van der Waals surface area (Å²) in [5, 5.41) is 6.71. The molecule has 3 heterocycles. The summed E-state index contributed by atoms with van der Waals surface area (Å²) in [5.41, 5.74) is 3.16. The molecule has 1 aromatic carbocycles. The van der Waals surface area contributed by atoms with Gasteiger partial charge in [-0.2, -0.15) is 0 Å². The zero-order valence-corrected chi connectivity index (χ0v) is 17.1. The summed E-state index contributed by atoms with van der Waals surface area (Å²) < 4.78 is 10.6. The van der Waals surface area contributed by atoms with E-state index in [4.69, 9.17) is 9.26 Å². The number of ether oxygens (including phenoxy) is 1. The average Bonchev–Trinajstić information content (AvgIpc) is 3.40. The Balaban J connectivity index is 1.79. The smallest absolute Gasteiger partial charge is 0.259 e. The van der Waals surface area contributed by atoms with Gasteiger partial charge in [0.15, 0.2) is 0 Å². The molecule has 0 atom stereocenters. The van der Waals surface area contributed by atoms with Gasteiger partial charge in [-0.1, -0.05) is 41.6 Å². The number of benzene rings is 1. The van der Waals surface area contributed by atoms with Crippen LogP contribution in [0.15, 0.2) is 58.4 Å². The topological polar surface area (TPSA) is 68.5 Å². The Bertz CT molecular complexity index is 1110. The minimum absolute atomic E-state index is 0.0914. The molecule has 0 spiro atoms. The lowest BCUT2D eigenvalue weighted by molar-refractivity contribution is 0.0684. The summed E-state index contributed by atoms with van der Waals surface area (Å²) >= 11 is 1.63. The van der Waals surface area contributed by atoms with E-state index in [0.29, 0.717) is 47.7 Å². The molecule has 4 rings (SSSR count). The molecule has 7 heteroatoms. The molecule has 0 fully saturated rings. The van der Waals surface area contributed by atoms with Crippen LogP contribution in [0.2, 0.25) is 0 Å². The Kier molecular flexibility index (Phi) is 5.69. The Labute approximate surface area is 172 Å². The molecule has 0 N–H and O–H groups in total. The SMILES string of the molecule is COCCN(Cc1cccs1)C(=O)c1cc(-c2ccccc2)nc2onc(C)c12. The number of amides is 1. The summed E-state index contributed by atoms with van der Waals surface area (Å²) in [6.07, 6.45) is 0. The van der Waals surface area contributed by atoms with Crippen molar-refractivity contribution in [1.82, 2.24) is 15.0 Å². The molecule has 29 heavy (non-hydrogen) atoms. The molecule has 6 nitrogen and oxygen atoms in total. The molecule has 0 aliphatic rings. The van der Waals surface area contributed by atoms with Gasteiger partial charge >= 0.3 is 0 Å². The van der Waals surface area contributed by atoms with Gasteiger partial charge in [0, 0.05) is 24.1 Å². The fourth-order valence-electron chi connectivity index (χ4n) is 3.24. The maximum absolute atomic E-state index is 13.6. The van der Waals surface area contributed by atoms with Crippen molar-refractivity contribution in [3.05, 3.63) is 70.0 Å². The number of methoxy groups -OCH3 is 1. The Morgan fingerprint density at radius 1 is 1.21 bits per heavy atom. The molecule has 0 saturated heterocycles. The maximum Gasteiger partial charge on any atom is 0.259 e. The first-order chi connectivity index (χ1) is 14.2. The highest BCUT2D eigenvalue weighted by atomic mass is 32.1. The van der Waals surface area contributed by atoms with Crippen LogP contribution in [0.3, 0.4) is 0 Å². The molecular formula is C22H21N3O3S. The lowest BCUT2D eigenvalue weighted by Gasteiger charge is -2.22. The third-order valence-corrected chi connectivity index (χ3v) is 5.56. The lowest BCUT2D eigenvalue weighted by atomic mass is 10.0. The molecule has 0 unspecified atom stereocenters. The van der Waals surface area contributed by atoms with Gasteiger partial charge < -0.3 is 14.2 Å². The van der Waals surface area contributed by atoms with Gasteiger partial charge in [0.25, 0.3) is 11.6 Å². The first-order valence-corrected chi connectivity index (χ1v) is 10.2. The van der Waals surface area contributed by atoms with Crippen molar-refractivity contribution in [2.75, 3.05) is 20.3 Å². The predicted octanol–water partition coefficient (Wildman–Crippen LogP) is 4.55. The van der Waals surface area contributed by atoms with Gasteiger partial charge in [-0.25, -0.2) is 4.98 Å². The van der Waals surface area contributed by atoms with E-state index in [0.717, 1.165) is 10.4 Å². The number of carbonyl (C=O) groups excluding carboxylic acids is 1. The molecule has 4 aromatic rings. The monoisotopic (exact) mass is 407 g/mol. The summed E-state index contributed by atoms with van der Waals surface area (Å²) in [7, 11) is 1.64. The van der Waals surface area contributed by atoms with E-state index in [1.54, 1.807) is 23.3 Å². The van der Waals surface area contributed by atoms with E-state index in [1.807, 2.05) is 60.8 Å². The van der Waals surface area contributed by atoms with Crippen molar-refractivity contribution in [1.29, 1.82) is 0 Å². The van der Waals surface area contributed by atoms with Crippen molar-refractivity contribution in [3.8, 4) is 11.3 Å². The van der Waals surface area contributed by atoms with Crippen molar-refractivity contribution in [3.63, 3.8) is 0 Å². The van der Waals surface area contributed by atoms with Crippen LogP contribution < -0.4 is 0 Å². The number of carbonyl (C=O) groups is 1. The van der Waals surface area contributed by atoms with Crippen LogP contribution >= 0.6 is 11.3 Å². The van der Waals surface area contributed by atoms with E-state index in [2.05, 4.69) is 10.1 Å². The summed E-state index contributed by atoms with van der Waals surface area (Å²) in [5.74, 6) is -0.0914. The first kappa shape index (κ1) is 19.3. The average molecular weight is 407 g/mol. The highest BCUT2D eigenvalue weighted by Crippen LogP contribution is 2.28. The molecule has 0 saturated carbocycles. The van der Waals surface area contributed by atoms with Crippen LogP contribution in [0.25, 0.3) is 22.4 Å². The Morgan fingerprint density at radius 2 is 2.03 bits per heavy atom. The second-order valence-corrected chi connectivity index (χ2v) is 7.70. The van der Waals surface area contributed by atoms with Crippen LogP contribution in [0.4, 0.5) is 0 Å². The van der Waals surface area contributed by atoms with Crippen LogP contribution in [-0.4, -0.2) is 41.2 Å². The number of rotatable bonds is 7. The largest absolute Gasteiger partial charge is 0.383 e. The normalized spacial score (nSPS) is 11.1. The standard InChI is InChI=1S/C22H21N3O3S/c1-15-20-18(22(26)25(10-11-27-2)14-17-9-6-12-29-17)13-19(23-21(20)28-24-15)16-7-4-3-5-8-16/h3-9,12-13H,10-11,14H2,1-2H3. The third kappa shape index (κ3) is 4.06. The van der Waals surface area contributed by atoms with Gasteiger partial charge in [0.1, 0.15) is 0 Å². The minimum Gasteiger partial charge on any atom is -0.383 e. The van der Waals surface area contributed by atoms with E-state index in [9.17, 15) is 4.79 Å². The van der Waals surface area contributed by atoms with Gasteiger partial charge in [-0.05, 0) is 24.4 Å². The van der Waals surface area contributed by atoms with Crippen molar-refractivity contribution in [2.45, 2.75) is 13.5 Å². The molecule has 3 aromatic heterocycles. The summed E-state index contributed by atoms with van der Waals surface area (Å²) in [6.45, 7) is 3.29. The highest BCUT2D eigenvalue weighted by molar-refractivity contribution is 7.09. The molecule has 148 valence electrons. The molecule has 1 amide bonds. The van der Waals surface area contributed by atoms with E-state index in [1.165, 1.54) is 0 Å². The van der Waals surface area contributed by atoms with Crippen molar-refractivity contribution in [2.24, 2.45) is 0 Å². The van der Waals surface area contributed by atoms with Crippen LogP contribution in [0, 0.1) is 6.92 Å². The van der Waals surface area contributed by atoms with Crippen LogP contribution in [0.5, 0.6) is 0 Å². The maximum atomic E-state index is 13.6. The van der Waals surface area contributed by atoms with Crippen molar-refractivity contribution >= 4 is 28.3 Å². The number of hydrogen-bond acceptors (Lipinski definition) is 6. The molecule has 0 aliphatic heterocycles. The molecule has 0 aliphatic carbocycles. The van der Waals surface area contributed by atoms with Gasteiger partial charge in [0.05, 0.1) is 35.5 Å². The Morgan fingerprint density at radius 3 is 2.76 bits per heavy atom. The minimum atomic E-state index is -0.0914. The van der Waals surface area contributed by atoms with Crippen LogP contribution in [-0.2, 0) is 11.3 Å². The highest BCUT2D eigenvalue weighted by Gasteiger charge is 2.24. The Hall–Kier alpha value is -3.03. The number of hydrogen-bond donors (Lipinski definition) is 0. The number of aryl methyl sites for hydroxylation is 1. The summed E-state index contributed by atoms with van der Waals surface area (Å²) in [4.78, 5) is 21.1. The molecular weight excluding hydrogens is 386 g/mol. The number of nitrogens with zero attached hydrogens (tertiary/aromatic N) is 3. The molecule has 0 radical (unpaired) electrons. The zero-order chi connectivity index (χ0) is 20.2. The number of fused-ring (bicyclic) bond motifs is 1. The number of pyridine rings is 1. The van der Waals surface area contributed by atoms with E-state index >= 15 is 0 Å². The third-order valence-electron chi connectivity index (χ3n) is 4.70. The van der Waals surface area contributed by atoms with Crippen LogP contribution in [0.1, 0.15) is 20.9 Å². The second-order valence-electron chi connectivity index (χ2n) is 6.67. The summed E-state index contributed by atoms with van der Waals surface area (Å²) in [6, 6.07) is 15.6. The van der Waals surface area contributed by atoms with Gasteiger partial charge in [-0.15, -0.1) is 11.3 Å². The van der Waals surface area contributed by atoms with E-state index in [-0.39, 0.29) is 5.91 Å². The lowest BCUT2D eigenvalue weighted by Crippen LogP contribution is -2.33. The number of aromatic nitrogens is 2. The number of thiophene rings is 1. The zero-order valence-electron chi connectivity index (χ0n) is 16.3. The molecule has 0 bridgehead atoms. The fourth-order valence-corrected chi connectivity index (χ4v) is 3.95. The predicted molar refractivity (Wildman–Crippen MR) is 113 cm³/mol. The van der Waals surface area contributed by atoms with Gasteiger partial charge in [-0.3, -0.25) is 4.79 Å². The quantitative estimate of drug-likeness (QED) is 0.450. The van der Waals surface area contributed by atoms with Gasteiger partial charge in [0.2, 0.25) is 0 Å². The first-order valence-electron chi connectivity index (χ1n) is 9.30. The second kappa shape index (κ2) is 8.55. The van der Waals surface area contributed by atoms with Crippen molar-refractivity contribution < 1.29 is 14.1 Å². The van der Waals surface area contributed by atoms with E-state index < -0.39 is 0 Å². The fraction of sp³-hybridized carbons (Fsp3) is 0.227.